The maximum absolute atomic E-state index is 12.6. The lowest BCUT2D eigenvalue weighted by atomic mass is 10.0. The molecule has 1 aliphatic heterocycles. The minimum atomic E-state index is -0.724. The summed E-state index contributed by atoms with van der Waals surface area (Å²) in [6.07, 6.45) is 6.67. The maximum Gasteiger partial charge on any atom is 0.240 e. The largest absolute Gasteiger partial charge is 0.368 e. The van der Waals surface area contributed by atoms with E-state index in [4.69, 9.17) is 34.0 Å². The Kier molecular flexibility index (Phi) is 10.2. The van der Waals surface area contributed by atoms with Crippen molar-refractivity contribution in [1.82, 2.24) is 20.0 Å². The normalized spacial score (nSPS) is 14.8. The van der Waals surface area contributed by atoms with Crippen LogP contribution in [0.1, 0.15) is 55.5 Å². The van der Waals surface area contributed by atoms with Crippen LogP contribution < -0.4 is 11.1 Å². The number of hydrogen-bond acceptors (Lipinski definition) is 4. The van der Waals surface area contributed by atoms with Crippen molar-refractivity contribution in [2.45, 2.75) is 64.0 Å². The van der Waals surface area contributed by atoms with Crippen LogP contribution in [0, 0.1) is 0 Å². The van der Waals surface area contributed by atoms with Crippen molar-refractivity contribution in [2.75, 3.05) is 13.1 Å². The van der Waals surface area contributed by atoms with Crippen molar-refractivity contribution < 1.29 is 9.59 Å². The molecular weight excluding hydrogens is 521 g/mol. The van der Waals surface area contributed by atoms with Gasteiger partial charge < -0.3 is 11.1 Å². The molecule has 2 amide bonds. The Morgan fingerprint density at radius 2 is 1.74 bits per heavy atom. The van der Waals surface area contributed by atoms with E-state index in [1.165, 1.54) is 19.3 Å². The van der Waals surface area contributed by atoms with Gasteiger partial charge in [-0.15, -0.1) is 0 Å². The number of carbonyl (C=O) groups is 2. The number of nitrogens with one attached hydrogen (secondary N) is 1. The van der Waals surface area contributed by atoms with E-state index in [0.717, 1.165) is 55.1 Å². The van der Waals surface area contributed by atoms with Crippen LogP contribution in [0.3, 0.4) is 0 Å². The molecule has 38 heavy (non-hydrogen) atoms. The molecule has 0 spiro atoms. The Balaban J connectivity index is 1.35. The molecule has 3 aromatic rings. The van der Waals surface area contributed by atoms with Crippen molar-refractivity contribution in [3.8, 4) is 5.69 Å². The van der Waals surface area contributed by atoms with Crippen LogP contribution >= 0.6 is 23.2 Å². The van der Waals surface area contributed by atoms with Gasteiger partial charge in [-0.1, -0.05) is 60.0 Å². The van der Waals surface area contributed by atoms with Crippen LogP contribution in [0.15, 0.2) is 54.6 Å². The van der Waals surface area contributed by atoms with Crippen LogP contribution in [-0.4, -0.2) is 45.6 Å². The minimum Gasteiger partial charge on any atom is -0.368 e. The first-order valence-electron chi connectivity index (χ1n) is 13.3. The van der Waals surface area contributed by atoms with E-state index >= 15 is 0 Å². The number of nitrogens with zero attached hydrogens (tertiary/aromatic N) is 3. The standard InChI is InChI=1S/C29H35Cl2N5O2/c30-25-14-13-24(19-26(25)31)36-23(18-22(34-36)20-35-15-7-2-8-16-35)11-5-6-12-28(37)33-27(29(32)38)17-21-9-3-1-4-10-21/h1,3-4,9-10,13-14,18-19,27H,2,5-8,11-12,15-17,20H2,(H2,32,38)(H,33,37)/t27-/m0/s1. The second-order valence-corrected chi connectivity index (χ2v) is 10.7. The molecule has 0 radical (unpaired) electrons. The van der Waals surface area contributed by atoms with Gasteiger partial charge >= 0.3 is 0 Å². The highest BCUT2D eigenvalue weighted by Crippen LogP contribution is 2.26. The lowest BCUT2D eigenvalue weighted by Crippen LogP contribution is -2.45. The Morgan fingerprint density at radius 1 is 0.974 bits per heavy atom. The number of piperidine rings is 1. The number of amides is 2. The van der Waals surface area contributed by atoms with Gasteiger partial charge in [-0.2, -0.15) is 5.10 Å². The molecular formula is C29H35Cl2N5O2. The van der Waals surface area contributed by atoms with Crippen LogP contribution in [-0.2, 0) is 29.0 Å². The van der Waals surface area contributed by atoms with Gasteiger partial charge in [0, 0.05) is 25.1 Å². The zero-order valence-corrected chi connectivity index (χ0v) is 23.1. The lowest BCUT2D eigenvalue weighted by molar-refractivity contribution is -0.127. The molecule has 1 saturated heterocycles. The molecule has 1 fully saturated rings. The maximum atomic E-state index is 12.6. The fourth-order valence-electron chi connectivity index (χ4n) is 4.85. The smallest absolute Gasteiger partial charge is 0.240 e. The molecule has 0 aliphatic carbocycles. The molecule has 1 aromatic heterocycles. The number of hydrogen-bond donors (Lipinski definition) is 2. The highest BCUT2D eigenvalue weighted by atomic mass is 35.5. The first kappa shape index (κ1) is 28.1. The van der Waals surface area contributed by atoms with Gasteiger partial charge in [0.25, 0.3) is 0 Å². The molecule has 0 saturated carbocycles. The Labute approximate surface area is 234 Å². The molecule has 1 atom stereocenters. The minimum absolute atomic E-state index is 0.173. The molecule has 0 unspecified atom stereocenters. The number of aromatic nitrogens is 2. The third kappa shape index (κ3) is 8.06. The average Bonchev–Trinajstić information content (AvgIpc) is 3.31. The highest BCUT2D eigenvalue weighted by molar-refractivity contribution is 6.42. The number of primary amides is 1. The topological polar surface area (TPSA) is 93.2 Å². The van der Waals surface area contributed by atoms with E-state index in [9.17, 15) is 9.59 Å². The lowest BCUT2D eigenvalue weighted by Gasteiger charge is -2.25. The quantitative estimate of drug-likeness (QED) is 0.304. The predicted molar refractivity (Wildman–Crippen MR) is 152 cm³/mol. The molecule has 1 aliphatic rings. The van der Waals surface area contributed by atoms with Crippen molar-refractivity contribution in [1.29, 1.82) is 0 Å². The zero-order valence-electron chi connectivity index (χ0n) is 21.5. The summed E-state index contributed by atoms with van der Waals surface area (Å²) >= 11 is 12.4. The molecule has 0 bridgehead atoms. The average molecular weight is 557 g/mol. The summed E-state index contributed by atoms with van der Waals surface area (Å²) in [5, 5.41) is 8.69. The Bertz CT molecular complexity index is 1220. The van der Waals surface area contributed by atoms with Crippen molar-refractivity contribution in [3.05, 3.63) is 81.6 Å². The van der Waals surface area contributed by atoms with Crippen LogP contribution in [0.4, 0.5) is 0 Å². The molecule has 2 aromatic carbocycles. The summed E-state index contributed by atoms with van der Waals surface area (Å²) in [4.78, 5) is 26.9. The third-order valence-electron chi connectivity index (χ3n) is 6.86. The Morgan fingerprint density at radius 3 is 2.45 bits per heavy atom. The van der Waals surface area contributed by atoms with Crippen LogP contribution in [0.5, 0.6) is 0 Å². The number of carbonyl (C=O) groups excluding carboxylic acids is 2. The summed E-state index contributed by atoms with van der Waals surface area (Å²) < 4.78 is 1.94. The molecule has 3 N–H and O–H groups in total. The van der Waals surface area contributed by atoms with E-state index in [-0.39, 0.29) is 5.91 Å². The monoisotopic (exact) mass is 555 g/mol. The molecule has 7 nitrogen and oxygen atoms in total. The van der Waals surface area contributed by atoms with E-state index in [1.807, 2.05) is 47.1 Å². The van der Waals surface area contributed by atoms with Gasteiger partial charge in [0.2, 0.25) is 11.8 Å². The number of nitrogens with two attached hydrogens (primary N) is 1. The first-order valence-corrected chi connectivity index (χ1v) is 14.0. The Hall–Kier alpha value is -2.87. The van der Waals surface area contributed by atoms with Crippen LogP contribution in [0.25, 0.3) is 5.69 Å². The molecule has 4 rings (SSSR count). The summed E-state index contributed by atoms with van der Waals surface area (Å²) in [6, 6.07) is 16.5. The third-order valence-corrected chi connectivity index (χ3v) is 7.60. The van der Waals surface area contributed by atoms with Gasteiger partial charge in [-0.05, 0) is 75.0 Å². The highest BCUT2D eigenvalue weighted by Gasteiger charge is 2.19. The van der Waals surface area contributed by atoms with Crippen molar-refractivity contribution in [3.63, 3.8) is 0 Å². The van der Waals surface area contributed by atoms with Gasteiger partial charge in [-0.3, -0.25) is 14.5 Å². The number of unbranched alkanes of at least 4 members (excludes halogenated alkanes) is 1. The van der Waals surface area contributed by atoms with Crippen molar-refractivity contribution >= 4 is 35.0 Å². The molecule has 202 valence electrons. The SMILES string of the molecule is NC(=O)[C@H](Cc1ccccc1)NC(=O)CCCCc1cc(CN2CCCCC2)nn1-c1ccc(Cl)c(Cl)c1. The van der Waals surface area contributed by atoms with Gasteiger partial charge in [0.05, 0.1) is 21.4 Å². The van der Waals surface area contributed by atoms with Crippen LogP contribution in [0.2, 0.25) is 10.0 Å². The number of aryl methyl sites for hydroxylation is 1. The van der Waals surface area contributed by atoms with E-state index in [2.05, 4.69) is 16.3 Å². The van der Waals surface area contributed by atoms with Gasteiger partial charge in [0.1, 0.15) is 6.04 Å². The van der Waals surface area contributed by atoms with E-state index < -0.39 is 11.9 Å². The number of halogens is 2. The predicted octanol–water partition coefficient (Wildman–Crippen LogP) is 5.09. The molecule has 2 heterocycles. The second kappa shape index (κ2) is 13.8. The van der Waals surface area contributed by atoms with E-state index in [1.54, 1.807) is 6.07 Å². The molecule has 9 heteroatoms. The summed E-state index contributed by atoms with van der Waals surface area (Å²) in [6.45, 7) is 3.01. The zero-order chi connectivity index (χ0) is 26.9. The van der Waals surface area contributed by atoms with Crippen molar-refractivity contribution in [2.24, 2.45) is 5.73 Å². The van der Waals surface area contributed by atoms with Gasteiger partial charge in [-0.25, -0.2) is 4.68 Å². The van der Waals surface area contributed by atoms with Gasteiger partial charge in [0.15, 0.2) is 0 Å². The number of benzene rings is 2. The first-order chi connectivity index (χ1) is 18.4. The number of likely N-dealkylation sites (tertiary alicyclic amines) is 1. The number of rotatable bonds is 12. The fraction of sp³-hybridized carbons (Fsp3) is 0.414. The summed E-state index contributed by atoms with van der Waals surface area (Å²) in [5.74, 6) is -0.706. The fourth-order valence-corrected chi connectivity index (χ4v) is 5.14. The second-order valence-electron chi connectivity index (χ2n) is 9.89. The van der Waals surface area contributed by atoms with E-state index in [0.29, 0.717) is 29.3 Å². The summed E-state index contributed by atoms with van der Waals surface area (Å²) in [7, 11) is 0. The summed E-state index contributed by atoms with van der Waals surface area (Å²) in [5.41, 5.74) is 9.44.